The maximum Gasteiger partial charge on any atom is 0.355 e. The Balaban J connectivity index is 2.14. The lowest BCUT2D eigenvalue weighted by Crippen LogP contribution is -2.27. The third kappa shape index (κ3) is 3.61. The molecule has 0 aliphatic carbocycles. The summed E-state index contributed by atoms with van der Waals surface area (Å²) in [6, 6.07) is 4.65. The van der Waals surface area contributed by atoms with Crippen molar-refractivity contribution in [2.45, 2.75) is 13.0 Å². The number of hydrogen-bond acceptors (Lipinski definition) is 4. The fraction of sp³-hybridized carbons (Fsp3) is 0.154. The van der Waals surface area contributed by atoms with Crippen molar-refractivity contribution in [1.29, 1.82) is 0 Å². The highest BCUT2D eigenvalue weighted by molar-refractivity contribution is 9.10. The Hall–Kier alpha value is -1.44. The van der Waals surface area contributed by atoms with E-state index >= 15 is 0 Å². The van der Waals surface area contributed by atoms with Crippen LogP contribution >= 0.6 is 38.9 Å². The summed E-state index contributed by atoms with van der Waals surface area (Å²) in [4.78, 5) is 26.9. The molecule has 1 atom stereocenters. The maximum absolute atomic E-state index is 12.2. The molecule has 2 N–H and O–H groups in total. The second-order valence-electron chi connectivity index (χ2n) is 4.17. The first-order valence-corrected chi connectivity index (χ1v) is 7.88. The molecule has 0 spiro atoms. The Labute approximate surface area is 138 Å². The van der Waals surface area contributed by atoms with Crippen molar-refractivity contribution in [3.8, 4) is 0 Å². The molecule has 0 saturated carbocycles. The molecular weight excluding hydrogens is 380 g/mol. The summed E-state index contributed by atoms with van der Waals surface area (Å²) >= 11 is 10.5. The van der Waals surface area contributed by atoms with Crippen molar-refractivity contribution in [2.75, 3.05) is 0 Å². The van der Waals surface area contributed by atoms with E-state index in [2.05, 4.69) is 26.2 Å². The van der Waals surface area contributed by atoms with Crippen LogP contribution in [0.5, 0.6) is 0 Å². The summed E-state index contributed by atoms with van der Waals surface area (Å²) in [5.41, 5.74) is 0.310. The van der Waals surface area contributed by atoms with Gasteiger partial charge in [-0.1, -0.05) is 17.7 Å². The number of rotatable bonds is 4. The summed E-state index contributed by atoms with van der Waals surface area (Å²) in [5.74, 6) is -1.44. The van der Waals surface area contributed by atoms with Crippen molar-refractivity contribution in [2.24, 2.45) is 0 Å². The zero-order valence-electron chi connectivity index (χ0n) is 10.8. The first kappa shape index (κ1) is 15.9. The molecule has 8 heteroatoms. The Bertz CT molecular complexity index is 704. The van der Waals surface area contributed by atoms with Gasteiger partial charge in [0, 0.05) is 9.85 Å². The van der Waals surface area contributed by atoms with Crippen LogP contribution in [0.25, 0.3) is 0 Å². The number of carboxylic acid groups (broad SMARTS) is 1. The molecule has 0 aliphatic rings. The average Bonchev–Trinajstić information content (AvgIpc) is 2.91. The number of thiazole rings is 1. The molecule has 0 radical (unpaired) electrons. The van der Waals surface area contributed by atoms with Crippen LogP contribution in [-0.2, 0) is 0 Å². The smallest absolute Gasteiger partial charge is 0.355 e. The zero-order valence-corrected chi connectivity index (χ0v) is 13.9. The number of aromatic carboxylic acids is 1. The van der Waals surface area contributed by atoms with Crippen LogP contribution in [0.3, 0.4) is 0 Å². The van der Waals surface area contributed by atoms with Gasteiger partial charge in [0.1, 0.15) is 5.01 Å². The van der Waals surface area contributed by atoms with Gasteiger partial charge in [-0.25, -0.2) is 9.78 Å². The monoisotopic (exact) mass is 388 g/mol. The number of halogens is 2. The largest absolute Gasteiger partial charge is 0.476 e. The number of benzene rings is 1. The first-order chi connectivity index (χ1) is 9.90. The summed E-state index contributed by atoms with van der Waals surface area (Å²) in [5, 5.41) is 13.9. The van der Waals surface area contributed by atoms with Gasteiger partial charge in [-0.15, -0.1) is 11.3 Å². The SMILES string of the molecule is CC(NC(=O)c1cccc(Br)c1Cl)c1nc(C(=O)O)cs1. The quantitative estimate of drug-likeness (QED) is 0.834. The molecule has 21 heavy (non-hydrogen) atoms. The molecule has 1 aromatic heterocycles. The Morgan fingerprint density at radius 3 is 2.81 bits per heavy atom. The average molecular weight is 390 g/mol. The number of carbonyl (C=O) groups is 2. The molecule has 1 amide bonds. The van der Waals surface area contributed by atoms with Crippen molar-refractivity contribution in [3.63, 3.8) is 0 Å². The highest BCUT2D eigenvalue weighted by atomic mass is 79.9. The first-order valence-electron chi connectivity index (χ1n) is 5.83. The minimum absolute atomic E-state index is 0.0309. The van der Waals surface area contributed by atoms with E-state index in [4.69, 9.17) is 16.7 Å². The van der Waals surface area contributed by atoms with Gasteiger partial charge in [0.05, 0.1) is 16.6 Å². The van der Waals surface area contributed by atoms with Crippen LogP contribution in [-0.4, -0.2) is 22.0 Å². The fourth-order valence-electron chi connectivity index (χ4n) is 1.60. The summed E-state index contributed by atoms with van der Waals surface area (Å²) in [6.45, 7) is 1.73. The van der Waals surface area contributed by atoms with Crippen LogP contribution in [0.4, 0.5) is 0 Å². The topological polar surface area (TPSA) is 79.3 Å². The van der Waals surface area contributed by atoms with Crippen molar-refractivity contribution >= 4 is 50.7 Å². The molecule has 0 fully saturated rings. The Morgan fingerprint density at radius 2 is 2.19 bits per heavy atom. The summed E-state index contributed by atoms with van der Waals surface area (Å²) < 4.78 is 0.631. The predicted octanol–water partition coefficient (Wildman–Crippen LogP) is 3.75. The predicted molar refractivity (Wildman–Crippen MR) is 84.1 cm³/mol. The minimum atomic E-state index is -1.09. The standard InChI is InChI=1S/C13H10BrClN2O3S/c1-6(12-17-9(5-21-12)13(19)20)16-11(18)7-3-2-4-8(14)10(7)15/h2-6H,1H3,(H,16,18)(H,19,20). The van der Waals surface area contributed by atoms with E-state index in [-0.39, 0.29) is 11.6 Å². The Kier molecular flexibility index (Phi) is 4.97. The fourth-order valence-corrected chi connectivity index (χ4v) is 2.98. The molecule has 1 unspecified atom stereocenters. The van der Waals surface area contributed by atoms with Crippen molar-refractivity contribution in [1.82, 2.24) is 10.3 Å². The molecule has 5 nitrogen and oxygen atoms in total. The van der Waals surface area contributed by atoms with Crippen molar-refractivity contribution < 1.29 is 14.7 Å². The number of nitrogens with one attached hydrogen (secondary N) is 1. The van der Waals surface area contributed by atoms with Crippen LogP contribution in [0.2, 0.25) is 5.02 Å². The number of amides is 1. The molecule has 110 valence electrons. The molecule has 1 heterocycles. The molecule has 2 aromatic rings. The van der Waals surface area contributed by atoms with E-state index in [1.807, 2.05) is 0 Å². The second kappa shape index (κ2) is 6.55. The maximum atomic E-state index is 12.2. The number of aromatic nitrogens is 1. The van der Waals surface area contributed by atoms with Crippen LogP contribution in [0.15, 0.2) is 28.1 Å². The van der Waals surface area contributed by atoms with Gasteiger partial charge in [-0.3, -0.25) is 4.79 Å². The van der Waals surface area contributed by atoms with Gasteiger partial charge in [0.25, 0.3) is 5.91 Å². The molecule has 0 aliphatic heterocycles. The van der Waals surface area contributed by atoms with Crippen LogP contribution < -0.4 is 5.32 Å². The second-order valence-corrected chi connectivity index (χ2v) is 6.29. The molecule has 0 saturated heterocycles. The number of carbonyl (C=O) groups excluding carboxylic acids is 1. The van der Waals surface area contributed by atoms with E-state index < -0.39 is 12.0 Å². The van der Waals surface area contributed by atoms with Gasteiger partial charge >= 0.3 is 5.97 Å². The third-order valence-electron chi connectivity index (χ3n) is 2.66. The zero-order chi connectivity index (χ0) is 15.6. The van der Waals surface area contributed by atoms with E-state index in [1.54, 1.807) is 25.1 Å². The van der Waals surface area contributed by atoms with Crippen LogP contribution in [0, 0.1) is 0 Å². The number of hydrogen-bond donors (Lipinski definition) is 2. The molecule has 0 bridgehead atoms. The van der Waals surface area contributed by atoms with E-state index in [0.717, 1.165) is 0 Å². The summed E-state index contributed by atoms with van der Waals surface area (Å²) in [7, 11) is 0. The lowest BCUT2D eigenvalue weighted by Gasteiger charge is -2.12. The van der Waals surface area contributed by atoms with E-state index in [1.165, 1.54) is 16.7 Å². The van der Waals surface area contributed by atoms with E-state index in [0.29, 0.717) is 20.1 Å². The molecule has 2 rings (SSSR count). The lowest BCUT2D eigenvalue weighted by atomic mass is 10.2. The normalized spacial score (nSPS) is 12.0. The highest BCUT2D eigenvalue weighted by Crippen LogP contribution is 2.26. The summed E-state index contributed by atoms with van der Waals surface area (Å²) in [6.07, 6.45) is 0. The highest BCUT2D eigenvalue weighted by Gasteiger charge is 2.18. The van der Waals surface area contributed by atoms with Gasteiger partial charge < -0.3 is 10.4 Å². The lowest BCUT2D eigenvalue weighted by molar-refractivity contribution is 0.0691. The minimum Gasteiger partial charge on any atom is -0.476 e. The van der Waals surface area contributed by atoms with Gasteiger partial charge in [-0.05, 0) is 35.0 Å². The van der Waals surface area contributed by atoms with Gasteiger partial charge in [0.2, 0.25) is 0 Å². The third-order valence-corrected chi connectivity index (χ3v) is 4.98. The van der Waals surface area contributed by atoms with Crippen LogP contribution in [0.1, 0.15) is 38.8 Å². The molecule has 1 aromatic carbocycles. The number of nitrogens with zero attached hydrogens (tertiary/aromatic N) is 1. The van der Waals surface area contributed by atoms with E-state index in [9.17, 15) is 9.59 Å². The molecular formula is C13H10BrClN2O3S. The van der Waals surface area contributed by atoms with Crippen molar-refractivity contribution in [3.05, 3.63) is 49.3 Å². The number of carboxylic acids is 1. The van der Waals surface area contributed by atoms with Gasteiger partial charge in [0.15, 0.2) is 5.69 Å². The Morgan fingerprint density at radius 1 is 1.48 bits per heavy atom. The van der Waals surface area contributed by atoms with Gasteiger partial charge in [-0.2, -0.15) is 0 Å².